The molecule has 1 saturated carbocycles. The molecule has 2 aliphatic rings. The molecular formula is C11H15BrN2. The molecule has 0 aromatic heterocycles. The predicted octanol–water partition coefficient (Wildman–Crippen LogP) is 2.66. The van der Waals surface area contributed by atoms with Crippen molar-refractivity contribution in [1.29, 1.82) is 5.26 Å². The van der Waals surface area contributed by atoms with Crippen LogP contribution in [0.1, 0.15) is 25.7 Å². The minimum Gasteiger partial charge on any atom is -0.294 e. The Bertz CT molecular complexity index is 280. The molecule has 2 rings (SSSR count). The zero-order valence-corrected chi connectivity index (χ0v) is 9.83. The topological polar surface area (TPSA) is 27.0 Å². The summed E-state index contributed by atoms with van der Waals surface area (Å²) in [4.78, 5) is 2.46. The number of rotatable bonds is 1. The molecule has 2 unspecified atom stereocenters. The van der Waals surface area contributed by atoms with Crippen LogP contribution in [0.25, 0.3) is 0 Å². The van der Waals surface area contributed by atoms with Gasteiger partial charge in [-0.15, -0.1) is 0 Å². The molecule has 0 N–H and O–H groups in total. The predicted molar refractivity (Wildman–Crippen MR) is 59.9 cm³/mol. The molecule has 0 saturated heterocycles. The quantitative estimate of drug-likeness (QED) is 0.720. The van der Waals surface area contributed by atoms with E-state index in [9.17, 15) is 0 Å². The van der Waals surface area contributed by atoms with E-state index in [4.69, 9.17) is 5.26 Å². The lowest BCUT2D eigenvalue weighted by molar-refractivity contribution is 0.193. The summed E-state index contributed by atoms with van der Waals surface area (Å²) >= 11 is 3.55. The van der Waals surface area contributed by atoms with Gasteiger partial charge in [0.05, 0.1) is 12.0 Å². The lowest BCUT2D eigenvalue weighted by Gasteiger charge is -2.32. The van der Waals surface area contributed by atoms with Crippen LogP contribution < -0.4 is 0 Å². The Morgan fingerprint density at radius 2 is 2.36 bits per heavy atom. The Morgan fingerprint density at radius 1 is 1.50 bits per heavy atom. The van der Waals surface area contributed by atoms with Crippen LogP contribution in [-0.4, -0.2) is 24.0 Å². The average molecular weight is 255 g/mol. The summed E-state index contributed by atoms with van der Waals surface area (Å²) < 4.78 is 1.28. The molecule has 2 nitrogen and oxygen atoms in total. The van der Waals surface area contributed by atoms with E-state index >= 15 is 0 Å². The number of hydrogen-bond donors (Lipinski definition) is 0. The van der Waals surface area contributed by atoms with Crippen molar-refractivity contribution < 1.29 is 0 Å². The highest BCUT2D eigenvalue weighted by molar-refractivity contribution is 9.11. The molecule has 1 fully saturated rings. The van der Waals surface area contributed by atoms with Gasteiger partial charge in [0.2, 0.25) is 0 Å². The van der Waals surface area contributed by atoms with E-state index in [1.54, 1.807) is 0 Å². The van der Waals surface area contributed by atoms with Gasteiger partial charge in [-0.2, -0.15) is 5.26 Å². The van der Waals surface area contributed by atoms with Crippen LogP contribution in [0.15, 0.2) is 10.6 Å². The Balaban J connectivity index is 2.01. The maximum Gasteiger partial charge on any atom is 0.0672 e. The van der Waals surface area contributed by atoms with Gasteiger partial charge < -0.3 is 0 Å². The molecule has 0 radical (unpaired) electrons. The number of nitrogens with zero attached hydrogens (tertiary/aromatic N) is 2. The monoisotopic (exact) mass is 254 g/mol. The summed E-state index contributed by atoms with van der Waals surface area (Å²) in [5.41, 5.74) is 0. The van der Waals surface area contributed by atoms with E-state index < -0.39 is 0 Å². The smallest absolute Gasteiger partial charge is 0.0672 e. The van der Waals surface area contributed by atoms with Crippen molar-refractivity contribution in [3.05, 3.63) is 10.6 Å². The normalized spacial score (nSPS) is 33.9. The van der Waals surface area contributed by atoms with Crippen LogP contribution in [-0.2, 0) is 0 Å². The third-order valence-electron chi connectivity index (χ3n) is 3.25. The average Bonchev–Trinajstić information content (AvgIpc) is 2.65. The number of hydrogen-bond acceptors (Lipinski definition) is 2. The number of halogens is 1. The maximum atomic E-state index is 9.03. The summed E-state index contributed by atoms with van der Waals surface area (Å²) in [6, 6.07) is 2.96. The Kier molecular flexibility index (Phi) is 3.25. The van der Waals surface area contributed by atoms with E-state index in [2.05, 4.69) is 33.0 Å². The molecule has 76 valence electrons. The second-order valence-corrected chi connectivity index (χ2v) is 5.16. The first-order chi connectivity index (χ1) is 6.81. The SMILES string of the molecule is N#CC1CCCC1N1CCC=C(Br)C1. The van der Waals surface area contributed by atoms with Gasteiger partial charge in [-0.3, -0.25) is 4.90 Å². The van der Waals surface area contributed by atoms with Gasteiger partial charge in [0, 0.05) is 23.6 Å². The van der Waals surface area contributed by atoms with Crippen molar-refractivity contribution in [1.82, 2.24) is 4.90 Å². The summed E-state index contributed by atoms with van der Waals surface area (Å²) in [6.45, 7) is 2.13. The van der Waals surface area contributed by atoms with Crippen molar-refractivity contribution in [3.8, 4) is 6.07 Å². The third kappa shape index (κ3) is 2.02. The Morgan fingerprint density at radius 3 is 3.07 bits per heavy atom. The van der Waals surface area contributed by atoms with Crippen LogP contribution in [0.5, 0.6) is 0 Å². The van der Waals surface area contributed by atoms with Gasteiger partial charge in [-0.05, 0) is 19.3 Å². The largest absolute Gasteiger partial charge is 0.294 e. The summed E-state index contributed by atoms with van der Waals surface area (Å²) in [5, 5.41) is 9.03. The second kappa shape index (κ2) is 4.46. The van der Waals surface area contributed by atoms with E-state index in [-0.39, 0.29) is 5.92 Å². The highest BCUT2D eigenvalue weighted by atomic mass is 79.9. The Hall–Kier alpha value is -0.330. The molecule has 0 bridgehead atoms. The molecule has 0 aromatic carbocycles. The van der Waals surface area contributed by atoms with Gasteiger partial charge in [0.15, 0.2) is 0 Å². The number of nitriles is 1. The van der Waals surface area contributed by atoms with E-state index in [1.807, 2.05) is 0 Å². The van der Waals surface area contributed by atoms with Gasteiger partial charge in [0.25, 0.3) is 0 Å². The first-order valence-corrected chi connectivity index (χ1v) is 6.09. The van der Waals surface area contributed by atoms with E-state index in [1.165, 1.54) is 17.3 Å². The first kappa shape index (κ1) is 10.2. The summed E-state index contributed by atoms with van der Waals surface area (Å²) in [6.07, 6.45) is 6.89. The van der Waals surface area contributed by atoms with Gasteiger partial charge in [0.1, 0.15) is 0 Å². The molecule has 0 amide bonds. The van der Waals surface area contributed by atoms with Crippen LogP contribution in [0.4, 0.5) is 0 Å². The van der Waals surface area contributed by atoms with Crippen molar-refractivity contribution in [2.45, 2.75) is 31.7 Å². The van der Waals surface area contributed by atoms with Gasteiger partial charge in [-0.1, -0.05) is 28.4 Å². The fourth-order valence-corrected chi connectivity index (χ4v) is 3.09. The lowest BCUT2D eigenvalue weighted by atomic mass is 10.0. The molecule has 1 aliphatic carbocycles. The molecule has 1 aliphatic heterocycles. The van der Waals surface area contributed by atoms with Gasteiger partial charge >= 0.3 is 0 Å². The highest BCUT2D eigenvalue weighted by Gasteiger charge is 2.32. The second-order valence-electron chi connectivity index (χ2n) is 4.14. The van der Waals surface area contributed by atoms with Crippen molar-refractivity contribution >= 4 is 15.9 Å². The summed E-state index contributed by atoms with van der Waals surface area (Å²) in [7, 11) is 0. The van der Waals surface area contributed by atoms with Gasteiger partial charge in [-0.25, -0.2) is 0 Å². The molecule has 0 spiro atoms. The van der Waals surface area contributed by atoms with E-state index in [0.29, 0.717) is 6.04 Å². The minimum absolute atomic E-state index is 0.272. The Labute approximate surface area is 93.7 Å². The summed E-state index contributed by atoms with van der Waals surface area (Å²) in [5.74, 6) is 0.272. The van der Waals surface area contributed by atoms with Crippen LogP contribution in [0.2, 0.25) is 0 Å². The van der Waals surface area contributed by atoms with Crippen LogP contribution in [0, 0.1) is 17.2 Å². The molecule has 14 heavy (non-hydrogen) atoms. The minimum atomic E-state index is 0.272. The molecule has 2 atom stereocenters. The van der Waals surface area contributed by atoms with E-state index in [0.717, 1.165) is 25.9 Å². The zero-order chi connectivity index (χ0) is 9.97. The third-order valence-corrected chi connectivity index (χ3v) is 3.83. The molecule has 3 heteroatoms. The standard InChI is InChI=1S/C11H15BrN2/c12-10-4-2-6-14(8-10)11-5-1-3-9(11)7-13/h4,9,11H,1-3,5-6,8H2. The fraction of sp³-hybridized carbons (Fsp3) is 0.727. The first-order valence-electron chi connectivity index (χ1n) is 5.29. The zero-order valence-electron chi connectivity index (χ0n) is 8.25. The van der Waals surface area contributed by atoms with Crippen molar-refractivity contribution in [2.75, 3.05) is 13.1 Å². The van der Waals surface area contributed by atoms with Crippen molar-refractivity contribution in [3.63, 3.8) is 0 Å². The maximum absolute atomic E-state index is 9.03. The molecule has 1 heterocycles. The van der Waals surface area contributed by atoms with Crippen LogP contribution >= 0.6 is 15.9 Å². The lowest BCUT2D eigenvalue weighted by Crippen LogP contribution is -2.40. The molecular weight excluding hydrogens is 240 g/mol. The van der Waals surface area contributed by atoms with Crippen LogP contribution in [0.3, 0.4) is 0 Å². The fourth-order valence-electron chi connectivity index (χ4n) is 2.54. The van der Waals surface area contributed by atoms with Crippen molar-refractivity contribution in [2.24, 2.45) is 5.92 Å². The molecule has 0 aromatic rings. The highest BCUT2D eigenvalue weighted by Crippen LogP contribution is 2.31.